The molecule has 0 spiro atoms. The average Bonchev–Trinajstić information content (AvgIpc) is 2.87. The van der Waals surface area contributed by atoms with Crippen molar-refractivity contribution >= 4 is 23.4 Å². The number of hydrogen-bond donors (Lipinski definition) is 2. The van der Waals surface area contributed by atoms with E-state index >= 15 is 0 Å². The van der Waals surface area contributed by atoms with E-state index in [4.69, 9.17) is 0 Å². The second kappa shape index (κ2) is 4.21. The second-order valence-electron chi connectivity index (χ2n) is 2.76. The Labute approximate surface area is 96.8 Å². The highest BCUT2D eigenvalue weighted by Gasteiger charge is 2.16. The smallest absolute Gasteiger partial charge is 0.341 e. The van der Waals surface area contributed by atoms with Crippen LogP contribution in [0.2, 0.25) is 0 Å². The topological polar surface area (TPSA) is 144 Å². The maximum atomic E-state index is 10.4. The van der Waals surface area contributed by atoms with Crippen molar-refractivity contribution in [2.45, 2.75) is 10.3 Å². The third-order valence-corrected chi connectivity index (χ3v) is 2.47. The van der Waals surface area contributed by atoms with Gasteiger partial charge in [0.1, 0.15) is 12.4 Å². The number of aromatic amines is 2. The lowest BCUT2D eigenvalue weighted by molar-refractivity contribution is -0.389. The minimum absolute atomic E-state index is 0.223. The van der Waals surface area contributed by atoms with Crippen LogP contribution < -0.4 is 0 Å². The summed E-state index contributed by atoms with van der Waals surface area (Å²) >= 11 is 0.922. The summed E-state index contributed by atoms with van der Waals surface area (Å²) in [6, 6.07) is 0. The lowest BCUT2D eigenvalue weighted by Gasteiger charge is -1.87. The molecule has 17 heavy (non-hydrogen) atoms. The Balaban J connectivity index is 2.13. The van der Waals surface area contributed by atoms with Crippen molar-refractivity contribution in [1.82, 2.24) is 19.9 Å². The van der Waals surface area contributed by atoms with E-state index in [1.54, 1.807) is 0 Å². The summed E-state index contributed by atoms with van der Waals surface area (Å²) < 4.78 is 0. The van der Waals surface area contributed by atoms with Crippen LogP contribution in [0.1, 0.15) is 0 Å². The maximum absolute atomic E-state index is 10.4. The molecule has 88 valence electrons. The van der Waals surface area contributed by atoms with Gasteiger partial charge in [-0.05, 0) is 9.85 Å². The van der Waals surface area contributed by atoms with Gasteiger partial charge in [0.25, 0.3) is 10.3 Å². The summed E-state index contributed by atoms with van der Waals surface area (Å²) in [6.45, 7) is 0. The molecule has 0 bridgehead atoms. The normalized spacial score (nSPS) is 10.4. The monoisotopic (exact) mass is 256 g/mol. The minimum atomic E-state index is -0.623. The van der Waals surface area contributed by atoms with Gasteiger partial charge in [-0.3, -0.25) is 0 Å². The fourth-order valence-corrected chi connectivity index (χ4v) is 1.67. The predicted octanol–water partition coefficient (Wildman–Crippen LogP) is 1.10. The largest absolute Gasteiger partial charge is 0.358 e. The zero-order valence-electron chi connectivity index (χ0n) is 7.98. The summed E-state index contributed by atoms with van der Waals surface area (Å²) in [7, 11) is 0. The highest BCUT2D eigenvalue weighted by atomic mass is 32.2. The summed E-state index contributed by atoms with van der Waals surface area (Å²) in [5.41, 5.74) is 0. The quantitative estimate of drug-likeness (QED) is 0.615. The first-order valence-corrected chi connectivity index (χ1v) is 4.94. The maximum Gasteiger partial charge on any atom is 0.341 e. The number of rotatable bonds is 4. The molecular formula is C6H4N6O4S. The fourth-order valence-electron chi connectivity index (χ4n) is 0.969. The molecular weight excluding hydrogens is 252 g/mol. The molecule has 0 atom stereocenters. The number of nitro groups is 2. The van der Waals surface area contributed by atoms with Crippen LogP contribution in [0.4, 0.5) is 11.6 Å². The van der Waals surface area contributed by atoms with E-state index in [0.29, 0.717) is 0 Å². The van der Waals surface area contributed by atoms with Crippen molar-refractivity contribution in [2.75, 3.05) is 0 Å². The molecule has 2 aromatic rings. The Hall–Kier alpha value is -2.43. The van der Waals surface area contributed by atoms with Gasteiger partial charge in [-0.15, -0.1) is 0 Å². The third-order valence-electron chi connectivity index (χ3n) is 1.66. The molecule has 2 aromatic heterocycles. The predicted molar refractivity (Wildman–Crippen MR) is 54.6 cm³/mol. The van der Waals surface area contributed by atoms with Crippen molar-refractivity contribution in [2.24, 2.45) is 0 Å². The van der Waals surface area contributed by atoms with Crippen molar-refractivity contribution < 1.29 is 9.85 Å². The minimum Gasteiger partial charge on any atom is -0.358 e. The molecule has 0 amide bonds. The van der Waals surface area contributed by atoms with E-state index in [1.165, 1.54) is 0 Å². The van der Waals surface area contributed by atoms with Gasteiger partial charge in [0, 0.05) is 11.8 Å². The molecule has 2 heterocycles. The first kappa shape index (κ1) is 11.1. The number of nitrogens with zero attached hydrogens (tertiary/aromatic N) is 4. The average molecular weight is 256 g/mol. The number of imidazole rings is 2. The number of hydrogen-bond acceptors (Lipinski definition) is 7. The van der Waals surface area contributed by atoms with Gasteiger partial charge in [-0.25, -0.2) is 19.9 Å². The molecule has 0 saturated heterocycles. The lowest BCUT2D eigenvalue weighted by Crippen LogP contribution is -1.87. The molecule has 11 heteroatoms. The van der Waals surface area contributed by atoms with Gasteiger partial charge >= 0.3 is 11.6 Å². The van der Waals surface area contributed by atoms with Crippen LogP contribution >= 0.6 is 11.8 Å². The molecule has 2 N–H and O–H groups in total. The molecule has 0 radical (unpaired) electrons. The van der Waals surface area contributed by atoms with Crippen LogP contribution in [0.5, 0.6) is 0 Å². The number of aromatic nitrogens is 4. The van der Waals surface area contributed by atoms with Crippen LogP contribution in [-0.2, 0) is 0 Å². The van der Waals surface area contributed by atoms with Crippen LogP contribution in [0.15, 0.2) is 22.7 Å². The molecule has 0 aliphatic carbocycles. The summed E-state index contributed by atoms with van der Waals surface area (Å²) in [5, 5.41) is 21.2. The molecule has 0 unspecified atom stereocenters. The molecule has 0 aliphatic heterocycles. The van der Waals surface area contributed by atoms with Crippen LogP contribution in [-0.4, -0.2) is 29.8 Å². The van der Waals surface area contributed by atoms with Crippen molar-refractivity contribution in [3.63, 3.8) is 0 Å². The highest BCUT2D eigenvalue weighted by Crippen LogP contribution is 2.25. The Morgan fingerprint density at radius 1 is 1.00 bits per heavy atom. The van der Waals surface area contributed by atoms with Crippen molar-refractivity contribution in [3.05, 3.63) is 32.6 Å². The number of H-pyrrole nitrogens is 2. The Bertz CT molecular complexity index is 526. The van der Waals surface area contributed by atoms with Gasteiger partial charge in [-0.1, -0.05) is 0 Å². The third kappa shape index (κ3) is 2.39. The summed E-state index contributed by atoms with van der Waals surface area (Å²) in [6.07, 6.45) is 2.11. The van der Waals surface area contributed by atoms with E-state index in [2.05, 4.69) is 19.9 Å². The molecule has 0 aromatic carbocycles. The Morgan fingerprint density at radius 2 is 1.41 bits per heavy atom. The summed E-state index contributed by atoms with van der Waals surface area (Å²) in [4.78, 5) is 31.8. The zero-order chi connectivity index (χ0) is 12.4. The van der Waals surface area contributed by atoms with E-state index in [0.717, 1.165) is 24.2 Å². The second-order valence-corrected chi connectivity index (χ2v) is 3.74. The SMILES string of the molecule is O=[N+]([O-])c1cnc(Sc2ncc([N+](=O)[O-])[nH]2)[nH]1. The van der Waals surface area contributed by atoms with Crippen molar-refractivity contribution in [3.8, 4) is 0 Å². The van der Waals surface area contributed by atoms with Crippen LogP contribution in [0.25, 0.3) is 0 Å². The molecule has 10 nitrogen and oxygen atoms in total. The molecule has 2 rings (SSSR count). The Morgan fingerprint density at radius 3 is 1.71 bits per heavy atom. The number of nitrogens with one attached hydrogen (secondary N) is 2. The van der Waals surface area contributed by atoms with Gasteiger partial charge in [0.2, 0.25) is 0 Å². The standard InChI is InChI=1S/C6H4N6O4S/c13-11(14)3-1-7-5(9-3)17-6-8-2-4(10-6)12(15)16/h1-2H,(H,7,9)(H,8,10). The van der Waals surface area contributed by atoms with Gasteiger partial charge < -0.3 is 20.2 Å². The first-order valence-electron chi connectivity index (χ1n) is 4.13. The molecule has 0 saturated carbocycles. The van der Waals surface area contributed by atoms with Crippen LogP contribution in [0.3, 0.4) is 0 Å². The molecule has 0 aliphatic rings. The van der Waals surface area contributed by atoms with Gasteiger partial charge in [0.15, 0.2) is 0 Å². The van der Waals surface area contributed by atoms with Crippen molar-refractivity contribution in [1.29, 1.82) is 0 Å². The van der Waals surface area contributed by atoms with Gasteiger partial charge in [-0.2, -0.15) is 0 Å². The highest BCUT2D eigenvalue weighted by molar-refractivity contribution is 7.99. The fraction of sp³-hybridized carbons (Fsp3) is 0. The summed E-state index contributed by atoms with van der Waals surface area (Å²) in [5.74, 6) is -0.512. The zero-order valence-corrected chi connectivity index (χ0v) is 8.80. The van der Waals surface area contributed by atoms with Gasteiger partial charge in [0.05, 0.1) is 0 Å². The Kier molecular flexibility index (Phi) is 2.74. The first-order chi connectivity index (χ1) is 8.06. The van der Waals surface area contributed by atoms with E-state index in [-0.39, 0.29) is 21.9 Å². The van der Waals surface area contributed by atoms with E-state index in [1.807, 2.05) is 0 Å². The molecule has 0 fully saturated rings. The van der Waals surface area contributed by atoms with Crippen LogP contribution in [0, 0.1) is 20.2 Å². The van der Waals surface area contributed by atoms with E-state index in [9.17, 15) is 20.2 Å². The lowest BCUT2D eigenvalue weighted by atomic mass is 10.8. The van der Waals surface area contributed by atoms with E-state index < -0.39 is 9.85 Å².